The van der Waals surface area contributed by atoms with Crippen LogP contribution in [0.15, 0.2) is 53.0 Å². The number of halogens is 1. The molecule has 8 atom stereocenters. The van der Waals surface area contributed by atoms with Gasteiger partial charge >= 0.3 is 0 Å². The van der Waals surface area contributed by atoms with E-state index in [2.05, 4.69) is 0 Å². The largest absolute Gasteiger partial charge is 0.390 e. The fourth-order valence-corrected chi connectivity index (χ4v) is 9.54. The number of aliphatic hydroxyl groups is 1. The number of rotatable bonds is 8. The summed E-state index contributed by atoms with van der Waals surface area (Å²) in [4.78, 5) is 26.2. The second-order valence-corrected chi connectivity index (χ2v) is 14.3. The Hall–Kier alpha value is -2.24. The Morgan fingerprint density at radius 1 is 1.17 bits per heavy atom. The van der Waals surface area contributed by atoms with E-state index in [0.29, 0.717) is 24.8 Å². The van der Waals surface area contributed by atoms with Crippen LogP contribution in [0.2, 0.25) is 0 Å². The number of aryl methyl sites for hydroxylation is 1. The molecule has 3 fully saturated rings. The van der Waals surface area contributed by atoms with Crippen molar-refractivity contribution in [1.82, 2.24) is 0 Å². The highest BCUT2D eigenvalue weighted by Gasteiger charge is 2.76. The summed E-state index contributed by atoms with van der Waals surface area (Å²) in [6.07, 6.45) is 4.19. The topological polar surface area (TPSA) is 116 Å². The first-order chi connectivity index (χ1) is 19.2. The highest BCUT2D eigenvalue weighted by molar-refractivity contribution is 7.86. The van der Waals surface area contributed by atoms with Gasteiger partial charge in [0.25, 0.3) is 10.1 Å². The lowest BCUT2D eigenvalue weighted by atomic mass is 9.44. The third-order valence-corrected chi connectivity index (χ3v) is 11.9. The second-order valence-electron chi connectivity index (χ2n) is 12.6. The van der Waals surface area contributed by atoms with Crippen molar-refractivity contribution in [2.24, 2.45) is 28.6 Å². The summed E-state index contributed by atoms with van der Waals surface area (Å²) in [5.41, 5.74) is -4.32. The van der Waals surface area contributed by atoms with Gasteiger partial charge in [-0.25, -0.2) is 4.39 Å². The molecule has 0 heterocycles. The van der Waals surface area contributed by atoms with Crippen molar-refractivity contribution < 1.29 is 41.2 Å². The standard InChI is InChI=1S/C31H39FO8S/c1-19-6-9-23(10-7-19)41(36,37)40-17-27(35)31(39-18-38-5)20(2)14-25-24-11-8-21-15-22(33)12-13-28(21,3)30(24,32)26(34)16-29(25,31)4/h6-7,9-10,12-13,15,20,24-26,34H,8,11,14,16-18H2,1-5H3/t20-,24-,25-,26-,28-,29-,30-,31-/m0/s1. The van der Waals surface area contributed by atoms with Crippen LogP contribution >= 0.6 is 0 Å². The van der Waals surface area contributed by atoms with Crippen molar-refractivity contribution in [3.63, 3.8) is 0 Å². The Kier molecular flexibility index (Phi) is 7.51. The first-order valence-electron chi connectivity index (χ1n) is 14.1. The molecule has 8 nitrogen and oxygen atoms in total. The van der Waals surface area contributed by atoms with E-state index in [1.54, 1.807) is 25.1 Å². The number of hydrogen-bond acceptors (Lipinski definition) is 8. The molecular weight excluding hydrogens is 551 g/mol. The van der Waals surface area contributed by atoms with Gasteiger partial charge in [0.15, 0.2) is 17.2 Å². The summed E-state index contributed by atoms with van der Waals surface area (Å²) in [7, 11) is -2.82. The first kappa shape index (κ1) is 30.2. The zero-order valence-corrected chi connectivity index (χ0v) is 25.0. The Balaban J connectivity index is 1.51. The van der Waals surface area contributed by atoms with Gasteiger partial charge in [-0.2, -0.15) is 8.42 Å². The molecule has 1 N–H and O–H groups in total. The van der Waals surface area contributed by atoms with Gasteiger partial charge in [-0.15, -0.1) is 0 Å². The molecule has 4 aliphatic rings. The van der Waals surface area contributed by atoms with Crippen LogP contribution in [-0.2, 0) is 33.4 Å². The number of Topliss-reactive ketones (excluding diaryl/α,β-unsaturated/α-hetero) is 1. The predicted molar refractivity (Wildman–Crippen MR) is 148 cm³/mol. The minimum atomic E-state index is -4.24. The zero-order valence-electron chi connectivity index (χ0n) is 24.2. The number of fused-ring (bicyclic) bond motifs is 5. The van der Waals surface area contributed by atoms with Gasteiger partial charge in [0.2, 0.25) is 0 Å². The molecule has 0 aliphatic heterocycles. The van der Waals surface area contributed by atoms with Crippen LogP contribution in [0.25, 0.3) is 0 Å². The van der Waals surface area contributed by atoms with Gasteiger partial charge < -0.3 is 14.6 Å². The Bertz CT molecular complexity index is 1400. The summed E-state index contributed by atoms with van der Waals surface area (Å²) >= 11 is 0. The van der Waals surface area contributed by atoms with E-state index in [4.69, 9.17) is 13.7 Å². The molecule has 3 saturated carbocycles. The van der Waals surface area contributed by atoms with Crippen LogP contribution in [0.4, 0.5) is 4.39 Å². The maximum atomic E-state index is 17.5. The summed E-state index contributed by atoms with van der Waals surface area (Å²) in [5.74, 6) is -2.23. The highest BCUT2D eigenvalue weighted by Crippen LogP contribution is 2.71. The number of benzene rings is 1. The lowest BCUT2D eigenvalue weighted by Crippen LogP contribution is -2.70. The third-order valence-electron chi connectivity index (χ3n) is 10.7. The summed E-state index contributed by atoms with van der Waals surface area (Å²) in [6.45, 7) is 6.22. The molecule has 1 aromatic rings. The molecule has 5 rings (SSSR count). The molecule has 0 saturated heterocycles. The van der Waals surface area contributed by atoms with E-state index in [0.717, 1.165) is 5.56 Å². The van der Waals surface area contributed by atoms with Gasteiger partial charge in [0.05, 0.1) is 11.0 Å². The third kappa shape index (κ3) is 4.24. The minimum Gasteiger partial charge on any atom is -0.390 e. The molecule has 41 heavy (non-hydrogen) atoms. The molecule has 0 spiro atoms. The molecule has 0 bridgehead atoms. The van der Waals surface area contributed by atoms with Crippen LogP contribution in [0.5, 0.6) is 0 Å². The number of carbonyl (C=O) groups excluding carboxylic acids is 2. The van der Waals surface area contributed by atoms with Crippen molar-refractivity contribution in [3.05, 3.63) is 53.6 Å². The number of ketones is 2. The number of hydrogen-bond donors (Lipinski definition) is 1. The number of allylic oxidation sites excluding steroid dienone is 4. The summed E-state index contributed by atoms with van der Waals surface area (Å²) in [5, 5.41) is 11.7. The number of methoxy groups -OCH3 is 1. The van der Waals surface area contributed by atoms with Crippen LogP contribution < -0.4 is 0 Å². The number of aliphatic hydroxyl groups excluding tert-OH is 1. The van der Waals surface area contributed by atoms with Gasteiger partial charge in [-0.3, -0.25) is 13.8 Å². The van der Waals surface area contributed by atoms with Crippen molar-refractivity contribution in [3.8, 4) is 0 Å². The molecule has 224 valence electrons. The smallest absolute Gasteiger partial charge is 0.297 e. The molecule has 0 unspecified atom stereocenters. The van der Waals surface area contributed by atoms with Crippen molar-refractivity contribution in [2.45, 2.75) is 75.6 Å². The Labute approximate surface area is 241 Å². The molecule has 0 aromatic heterocycles. The quantitative estimate of drug-likeness (QED) is 0.353. The highest BCUT2D eigenvalue weighted by atomic mass is 32.2. The minimum absolute atomic E-state index is 0.0695. The average molecular weight is 591 g/mol. The van der Waals surface area contributed by atoms with E-state index < -0.39 is 62.5 Å². The molecular formula is C31H39FO8S. The lowest BCUT2D eigenvalue weighted by molar-refractivity contribution is -0.242. The molecule has 0 radical (unpaired) electrons. The zero-order chi connectivity index (χ0) is 30.0. The van der Waals surface area contributed by atoms with Crippen LogP contribution in [0, 0.1) is 35.5 Å². The van der Waals surface area contributed by atoms with Crippen molar-refractivity contribution >= 4 is 21.7 Å². The van der Waals surface area contributed by atoms with Crippen LogP contribution in [0.3, 0.4) is 0 Å². The van der Waals surface area contributed by atoms with Gasteiger partial charge in [0, 0.05) is 23.9 Å². The fraction of sp³-hybridized carbons (Fsp3) is 0.613. The maximum Gasteiger partial charge on any atom is 0.297 e. The molecule has 10 heteroatoms. The Morgan fingerprint density at radius 2 is 1.85 bits per heavy atom. The number of alkyl halides is 1. The van der Waals surface area contributed by atoms with Crippen molar-refractivity contribution in [1.29, 1.82) is 0 Å². The van der Waals surface area contributed by atoms with Gasteiger partial charge in [0.1, 0.15) is 19.0 Å². The summed E-state index contributed by atoms with van der Waals surface area (Å²) < 4.78 is 60.1. The van der Waals surface area contributed by atoms with Gasteiger partial charge in [-0.1, -0.05) is 43.2 Å². The Morgan fingerprint density at radius 3 is 2.51 bits per heavy atom. The van der Waals surface area contributed by atoms with Gasteiger partial charge in [-0.05, 0) is 75.7 Å². The molecule has 4 aliphatic carbocycles. The average Bonchev–Trinajstić information content (AvgIpc) is 3.14. The predicted octanol–water partition coefficient (Wildman–Crippen LogP) is 4.25. The molecule has 0 amide bonds. The van der Waals surface area contributed by atoms with Crippen molar-refractivity contribution in [2.75, 3.05) is 20.5 Å². The van der Waals surface area contributed by atoms with E-state index >= 15 is 4.39 Å². The SMILES string of the molecule is COCO[C@]1(C(=O)COS(=O)(=O)c2ccc(C)cc2)[C@@H](C)C[C@H]2[C@@H]3CCC4=CC(=O)C=C[C@]4(C)[C@@]3(F)[C@@H](O)C[C@@]21C. The van der Waals surface area contributed by atoms with E-state index in [-0.39, 0.29) is 29.8 Å². The number of carbonyl (C=O) groups is 2. The lowest BCUT2D eigenvalue weighted by Gasteiger charge is -2.63. The number of ether oxygens (including phenoxy) is 2. The first-order valence-corrected chi connectivity index (χ1v) is 15.5. The molecule has 1 aromatic carbocycles. The second kappa shape index (κ2) is 10.2. The monoisotopic (exact) mass is 590 g/mol. The normalized spacial score (nSPS) is 40.0. The van der Waals surface area contributed by atoms with E-state index in [1.165, 1.54) is 31.4 Å². The maximum absolute atomic E-state index is 17.5. The summed E-state index contributed by atoms with van der Waals surface area (Å²) in [6, 6.07) is 6.11. The van der Waals surface area contributed by atoms with Crippen LogP contribution in [-0.4, -0.2) is 63.0 Å². The van der Waals surface area contributed by atoms with E-state index in [1.807, 2.05) is 20.8 Å². The van der Waals surface area contributed by atoms with Crippen LogP contribution in [0.1, 0.15) is 52.0 Å². The van der Waals surface area contributed by atoms with E-state index in [9.17, 15) is 23.1 Å². The fourth-order valence-electron chi connectivity index (χ4n) is 8.68.